The van der Waals surface area contributed by atoms with Crippen LogP contribution in [0.15, 0.2) is 49.6 Å². The Morgan fingerprint density at radius 2 is 1.37 bits per heavy atom. The normalized spacial score (nSPS) is 34.0. The fourth-order valence-corrected chi connectivity index (χ4v) is 6.98. The molecule has 3 aliphatic rings. The molecule has 1 heteroatoms. The van der Waals surface area contributed by atoms with E-state index in [2.05, 4.69) is 43.5 Å². The molecular formula is C29H42O. The molecule has 3 aliphatic carbocycles. The van der Waals surface area contributed by atoms with E-state index in [1.54, 1.807) is 12.5 Å². The minimum atomic E-state index is 0.586. The number of fused-ring (bicyclic) bond motifs is 1. The number of rotatable bonds is 8. The zero-order chi connectivity index (χ0) is 20.8. The predicted octanol–water partition coefficient (Wildman–Crippen LogP) is 8.32. The molecule has 0 radical (unpaired) electrons. The van der Waals surface area contributed by atoms with Crippen molar-refractivity contribution in [1.29, 1.82) is 0 Å². The van der Waals surface area contributed by atoms with Crippen LogP contribution in [0.5, 0.6) is 5.75 Å². The minimum absolute atomic E-state index is 0.586. The Morgan fingerprint density at radius 3 is 2.07 bits per heavy atom. The van der Waals surface area contributed by atoms with Gasteiger partial charge in [-0.05, 0) is 124 Å². The quantitative estimate of drug-likeness (QED) is 0.394. The van der Waals surface area contributed by atoms with Crippen LogP contribution in [0.1, 0.15) is 88.5 Å². The Hall–Kier alpha value is -1.50. The van der Waals surface area contributed by atoms with Crippen molar-refractivity contribution in [3.8, 4) is 5.75 Å². The van der Waals surface area contributed by atoms with Crippen LogP contribution in [0.3, 0.4) is 0 Å². The molecule has 1 aromatic carbocycles. The number of hydrogen-bond donors (Lipinski definition) is 0. The van der Waals surface area contributed by atoms with E-state index in [9.17, 15) is 0 Å². The molecule has 0 amide bonds. The van der Waals surface area contributed by atoms with E-state index in [1.807, 2.05) is 0 Å². The molecule has 164 valence electrons. The molecule has 0 aliphatic heterocycles. The summed E-state index contributed by atoms with van der Waals surface area (Å²) in [6.45, 7) is 8.23. The highest BCUT2D eigenvalue weighted by atomic mass is 16.5. The molecule has 1 nitrogen and oxygen atoms in total. The lowest BCUT2D eigenvalue weighted by Gasteiger charge is -2.45. The van der Waals surface area contributed by atoms with Gasteiger partial charge in [0, 0.05) is 0 Å². The molecular weight excluding hydrogens is 364 g/mol. The maximum Gasteiger partial charge on any atom is 0.119 e. The van der Waals surface area contributed by atoms with Crippen molar-refractivity contribution < 1.29 is 4.74 Å². The van der Waals surface area contributed by atoms with Crippen LogP contribution in [0.2, 0.25) is 0 Å². The van der Waals surface area contributed by atoms with Crippen molar-refractivity contribution in [3.63, 3.8) is 0 Å². The molecule has 30 heavy (non-hydrogen) atoms. The van der Waals surface area contributed by atoms with Gasteiger partial charge in [-0.15, -0.1) is 6.58 Å². The summed E-state index contributed by atoms with van der Waals surface area (Å²) in [5, 5.41) is 0. The van der Waals surface area contributed by atoms with Crippen LogP contribution in [-0.4, -0.2) is 6.61 Å². The van der Waals surface area contributed by atoms with Crippen LogP contribution in [0.4, 0.5) is 0 Å². The van der Waals surface area contributed by atoms with E-state index in [-0.39, 0.29) is 0 Å². The molecule has 4 atom stereocenters. The Balaban J connectivity index is 1.23. The topological polar surface area (TPSA) is 9.23 Å². The number of hydrogen-bond acceptors (Lipinski definition) is 1. The fourth-order valence-electron chi connectivity index (χ4n) is 6.98. The number of benzene rings is 1. The average molecular weight is 407 g/mol. The maximum atomic E-state index is 5.64. The second-order valence-corrected chi connectivity index (χ2v) is 10.4. The van der Waals surface area contributed by atoms with E-state index in [1.165, 1.54) is 76.2 Å². The standard InChI is InChI=1S/C29H42O/c1-3-5-6-22-7-8-28-21-27(14-13-26(28)20-22)25-11-9-23(10-12-25)24-15-17-29(18-16-24)30-19-4-2/h3-4,15-18,22-23,25-28H,1-2,5-14,19-21H2. The maximum absolute atomic E-state index is 5.64. The molecule has 0 aromatic heterocycles. The van der Waals surface area contributed by atoms with Gasteiger partial charge < -0.3 is 4.74 Å². The van der Waals surface area contributed by atoms with Crippen molar-refractivity contribution in [1.82, 2.24) is 0 Å². The van der Waals surface area contributed by atoms with E-state index in [0.717, 1.165) is 41.3 Å². The Bertz CT molecular complexity index is 666. The highest BCUT2D eigenvalue weighted by molar-refractivity contribution is 5.29. The highest BCUT2D eigenvalue weighted by Gasteiger charge is 2.38. The van der Waals surface area contributed by atoms with Gasteiger partial charge in [0.05, 0.1) is 0 Å². The van der Waals surface area contributed by atoms with Gasteiger partial charge >= 0.3 is 0 Å². The van der Waals surface area contributed by atoms with E-state index < -0.39 is 0 Å². The first-order valence-electron chi connectivity index (χ1n) is 12.7. The lowest BCUT2D eigenvalue weighted by atomic mass is 9.60. The second kappa shape index (κ2) is 10.7. The van der Waals surface area contributed by atoms with E-state index in [0.29, 0.717) is 6.61 Å². The third-order valence-corrected chi connectivity index (χ3v) is 8.70. The monoisotopic (exact) mass is 406 g/mol. The Labute approximate surface area is 185 Å². The Morgan fingerprint density at radius 1 is 0.733 bits per heavy atom. The molecule has 1 aromatic rings. The van der Waals surface area contributed by atoms with Crippen LogP contribution in [0.25, 0.3) is 0 Å². The van der Waals surface area contributed by atoms with Crippen molar-refractivity contribution in [2.24, 2.45) is 29.6 Å². The molecule has 0 saturated heterocycles. The molecule has 0 spiro atoms. The molecule has 4 unspecified atom stereocenters. The first-order valence-corrected chi connectivity index (χ1v) is 12.7. The van der Waals surface area contributed by atoms with E-state index >= 15 is 0 Å². The van der Waals surface area contributed by atoms with Crippen LogP contribution < -0.4 is 4.74 Å². The first kappa shape index (κ1) is 21.7. The smallest absolute Gasteiger partial charge is 0.119 e. The predicted molar refractivity (Wildman–Crippen MR) is 128 cm³/mol. The molecule has 3 fully saturated rings. The van der Waals surface area contributed by atoms with E-state index in [4.69, 9.17) is 4.74 Å². The van der Waals surface area contributed by atoms with Crippen LogP contribution >= 0.6 is 0 Å². The summed E-state index contributed by atoms with van der Waals surface area (Å²) >= 11 is 0. The molecule has 0 heterocycles. The minimum Gasteiger partial charge on any atom is -0.490 e. The number of allylic oxidation sites excluding steroid dienone is 1. The van der Waals surface area contributed by atoms with Crippen molar-refractivity contribution in [2.45, 2.75) is 83.0 Å². The lowest BCUT2D eigenvalue weighted by Crippen LogP contribution is -2.34. The molecule has 0 bridgehead atoms. The molecule has 4 rings (SSSR count). The van der Waals surface area contributed by atoms with Crippen molar-refractivity contribution in [2.75, 3.05) is 6.61 Å². The average Bonchev–Trinajstić information content (AvgIpc) is 2.81. The highest BCUT2D eigenvalue weighted by Crippen LogP contribution is 2.50. The third kappa shape index (κ3) is 5.40. The summed E-state index contributed by atoms with van der Waals surface area (Å²) in [5.41, 5.74) is 1.51. The van der Waals surface area contributed by atoms with Gasteiger partial charge in [0.1, 0.15) is 12.4 Å². The zero-order valence-corrected chi connectivity index (χ0v) is 18.9. The van der Waals surface area contributed by atoms with Gasteiger partial charge in [-0.2, -0.15) is 0 Å². The largest absolute Gasteiger partial charge is 0.490 e. The van der Waals surface area contributed by atoms with Crippen molar-refractivity contribution >= 4 is 0 Å². The van der Waals surface area contributed by atoms with Gasteiger partial charge in [-0.3, -0.25) is 0 Å². The summed E-state index contributed by atoms with van der Waals surface area (Å²) in [4.78, 5) is 0. The lowest BCUT2D eigenvalue weighted by molar-refractivity contribution is 0.0621. The Kier molecular flexibility index (Phi) is 7.74. The second-order valence-electron chi connectivity index (χ2n) is 10.4. The first-order chi connectivity index (χ1) is 14.8. The fraction of sp³-hybridized carbons (Fsp3) is 0.655. The summed E-state index contributed by atoms with van der Waals surface area (Å²) in [5.74, 6) is 6.81. The summed E-state index contributed by atoms with van der Waals surface area (Å²) < 4.78 is 5.64. The van der Waals surface area contributed by atoms with Crippen LogP contribution in [-0.2, 0) is 0 Å². The summed E-state index contributed by atoms with van der Waals surface area (Å²) in [6.07, 6.45) is 21.3. The van der Waals surface area contributed by atoms with Crippen LogP contribution in [0, 0.1) is 29.6 Å². The van der Waals surface area contributed by atoms with Gasteiger partial charge in [0.15, 0.2) is 0 Å². The van der Waals surface area contributed by atoms with Gasteiger partial charge in [0.2, 0.25) is 0 Å². The van der Waals surface area contributed by atoms with Gasteiger partial charge in [-0.1, -0.05) is 37.3 Å². The molecule has 0 N–H and O–H groups in total. The third-order valence-electron chi connectivity index (χ3n) is 8.70. The number of ether oxygens (including phenoxy) is 1. The summed E-state index contributed by atoms with van der Waals surface area (Å²) in [6, 6.07) is 8.86. The van der Waals surface area contributed by atoms with Gasteiger partial charge in [0.25, 0.3) is 0 Å². The molecule has 3 saturated carbocycles. The zero-order valence-electron chi connectivity index (χ0n) is 18.9. The summed E-state index contributed by atoms with van der Waals surface area (Å²) in [7, 11) is 0. The van der Waals surface area contributed by atoms with Gasteiger partial charge in [-0.25, -0.2) is 0 Å². The van der Waals surface area contributed by atoms with Crippen molar-refractivity contribution in [3.05, 3.63) is 55.1 Å². The SMILES string of the molecule is C=CCCC1CCC2CC(C3CCC(c4ccc(OCC=C)cc4)CC3)CCC2C1.